The highest BCUT2D eigenvalue weighted by atomic mass is 19.4. The minimum atomic E-state index is -4.86. The molecule has 1 aromatic carbocycles. The number of alkyl halides is 3. The molecule has 1 atom stereocenters. The van der Waals surface area contributed by atoms with E-state index in [1.54, 1.807) is 0 Å². The first kappa shape index (κ1) is 14.5. The zero-order valence-electron chi connectivity index (χ0n) is 9.57. The van der Waals surface area contributed by atoms with Crippen molar-refractivity contribution in [3.05, 3.63) is 35.4 Å². The van der Waals surface area contributed by atoms with Gasteiger partial charge in [-0.05, 0) is 30.4 Å². The van der Waals surface area contributed by atoms with E-state index in [0.717, 1.165) is 24.8 Å². The number of aryl methyl sites for hydroxylation is 1. The van der Waals surface area contributed by atoms with Crippen molar-refractivity contribution in [1.82, 2.24) is 0 Å². The molecule has 0 saturated heterocycles. The fourth-order valence-electron chi connectivity index (χ4n) is 1.73. The summed E-state index contributed by atoms with van der Waals surface area (Å²) in [5.41, 5.74) is 6.27. The molecule has 3 nitrogen and oxygen atoms in total. The number of fused-ring (bicyclic) bond motifs is 1. The molecule has 6 heteroatoms. The molecule has 2 rings (SSSR count). The monoisotopic (exact) mass is 261 g/mol. The lowest BCUT2D eigenvalue weighted by atomic mass is 9.90. The number of nitrogens with two attached hydrogens (primary N) is 1. The molecule has 1 aliphatic rings. The Balaban J connectivity index is 0.000000203. The third-order valence-corrected chi connectivity index (χ3v) is 2.62. The molecule has 0 bridgehead atoms. The van der Waals surface area contributed by atoms with Crippen LogP contribution < -0.4 is 5.73 Å². The maximum absolute atomic E-state index is 10.7. The second kappa shape index (κ2) is 5.86. The van der Waals surface area contributed by atoms with Crippen LogP contribution in [0.4, 0.5) is 13.2 Å². The Morgan fingerprint density at radius 1 is 1.33 bits per heavy atom. The van der Waals surface area contributed by atoms with Gasteiger partial charge in [-0.15, -0.1) is 0 Å². The SMILES string of the molecule is NC(=O)C(F)(F)F.O[C@@H]1CCCc2ccccc21. The van der Waals surface area contributed by atoms with Gasteiger partial charge in [0.05, 0.1) is 6.10 Å². The van der Waals surface area contributed by atoms with Crippen molar-refractivity contribution in [2.24, 2.45) is 5.73 Å². The van der Waals surface area contributed by atoms with E-state index in [1.165, 1.54) is 5.56 Å². The molecule has 0 fully saturated rings. The molecule has 0 unspecified atom stereocenters. The molecule has 0 heterocycles. The summed E-state index contributed by atoms with van der Waals surface area (Å²) in [6.07, 6.45) is -1.89. The molecule has 18 heavy (non-hydrogen) atoms. The number of carbonyl (C=O) groups is 1. The van der Waals surface area contributed by atoms with Crippen molar-refractivity contribution in [3.8, 4) is 0 Å². The van der Waals surface area contributed by atoms with E-state index in [4.69, 9.17) is 4.79 Å². The number of primary amides is 1. The van der Waals surface area contributed by atoms with Crippen molar-refractivity contribution < 1.29 is 23.1 Å². The van der Waals surface area contributed by atoms with Crippen LogP contribution in [-0.4, -0.2) is 17.2 Å². The zero-order chi connectivity index (χ0) is 13.8. The van der Waals surface area contributed by atoms with E-state index >= 15 is 0 Å². The first-order valence-electron chi connectivity index (χ1n) is 5.45. The van der Waals surface area contributed by atoms with Crippen molar-refractivity contribution in [3.63, 3.8) is 0 Å². The van der Waals surface area contributed by atoms with Gasteiger partial charge in [-0.25, -0.2) is 0 Å². The topological polar surface area (TPSA) is 63.3 Å². The molecule has 0 aliphatic heterocycles. The summed E-state index contributed by atoms with van der Waals surface area (Å²) in [4.78, 5) is 9.12. The lowest BCUT2D eigenvalue weighted by molar-refractivity contribution is -0.169. The second-order valence-electron chi connectivity index (χ2n) is 3.97. The number of rotatable bonds is 0. The predicted molar refractivity (Wildman–Crippen MR) is 59.6 cm³/mol. The average Bonchev–Trinajstić information content (AvgIpc) is 2.29. The summed E-state index contributed by atoms with van der Waals surface area (Å²) in [6.45, 7) is 0. The van der Waals surface area contributed by atoms with Gasteiger partial charge in [0.15, 0.2) is 0 Å². The zero-order valence-corrected chi connectivity index (χ0v) is 9.57. The number of aliphatic hydroxyl groups excluding tert-OH is 1. The Morgan fingerprint density at radius 3 is 2.39 bits per heavy atom. The summed E-state index contributed by atoms with van der Waals surface area (Å²) >= 11 is 0. The fraction of sp³-hybridized carbons (Fsp3) is 0.417. The van der Waals surface area contributed by atoms with Crippen LogP contribution in [0.5, 0.6) is 0 Å². The second-order valence-corrected chi connectivity index (χ2v) is 3.97. The van der Waals surface area contributed by atoms with Crippen LogP contribution in [-0.2, 0) is 11.2 Å². The van der Waals surface area contributed by atoms with Crippen molar-refractivity contribution in [2.75, 3.05) is 0 Å². The number of amides is 1. The van der Waals surface area contributed by atoms with E-state index in [0.29, 0.717) is 0 Å². The van der Waals surface area contributed by atoms with Crippen LogP contribution >= 0.6 is 0 Å². The first-order valence-corrected chi connectivity index (χ1v) is 5.45. The van der Waals surface area contributed by atoms with E-state index < -0.39 is 12.1 Å². The molecule has 1 aromatic rings. The Hall–Kier alpha value is -1.56. The van der Waals surface area contributed by atoms with E-state index in [1.807, 2.05) is 18.2 Å². The summed E-state index contributed by atoms with van der Waals surface area (Å²) < 4.78 is 32.1. The first-order chi connectivity index (χ1) is 8.32. The Morgan fingerprint density at radius 2 is 1.89 bits per heavy atom. The van der Waals surface area contributed by atoms with Gasteiger partial charge in [0, 0.05) is 0 Å². The summed E-state index contributed by atoms with van der Waals surface area (Å²) in [7, 11) is 0. The number of halogens is 3. The lowest BCUT2D eigenvalue weighted by Gasteiger charge is -2.20. The number of carbonyl (C=O) groups excluding carboxylic acids is 1. The third-order valence-electron chi connectivity index (χ3n) is 2.62. The number of hydrogen-bond donors (Lipinski definition) is 2. The van der Waals surface area contributed by atoms with Crippen molar-refractivity contribution in [2.45, 2.75) is 31.5 Å². The molecular weight excluding hydrogens is 247 g/mol. The van der Waals surface area contributed by atoms with Crippen LogP contribution in [0.2, 0.25) is 0 Å². The van der Waals surface area contributed by atoms with Gasteiger partial charge in [-0.3, -0.25) is 4.79 Å². The maximum atomic E-state index is 10.7. The van der Waals surface area contributed by atoms with Gasteiger partial charge >= 0.3 is 12.1 Å². The molecule has 0 radical (unpaired) electrons. The van der Waals surface area contributed by atoms with Crippen LogP contribution in [0, 0.1) is 0 Å². The van der Waals surface area contributed by atoms with Crippen molar-refractivity contribution in [1.29, 1.82) is 0 Å². The van der Waals surface area contributed by atoms with Gasteiger partial charge < -0.3 is 10.8 Å². The molecule has 1 amide bonds. The Kier molecular flexibility index (Phi) is 4.72. The fourth-order valence-corrected chi connectivity index (χ4v) is 1.73. The normalized spacial score (nSPS) is 18.3. The maximum Gasteiger partial charge on any atom is 0.470 e. The minimum absolute atomic E-state index is 0.208. The minimum Gasteiger partial charge on any atom is -0.388 e. The average molecular weight is 261 g/mol. The lowest BCUT2D eigenvalue weighted by Crippen LogP contribution is -2.30. The quantitative estimate of drug-likeness (QED) is 0.751. The molecular formula is C12H14F3NO2. The smallest absolute Gasteiger partial charge is 0.388 e. The van der Waals surface area contributed by atoms with Gasteiger partial charge in [0.1, 0.15) is 0 Å². The highest BCUT2D eigenvalue weighted by molar-refractivity contribution is 5.79. The molecule has 0 spiro atoms. The predicted octanol–water partition coefficient (Wildman–Crippen LogP) is 2.09. The van der Waals surface area contributed by atoms with Gasteiger partial charge in [-0.1, -0.05) is 24.3 Å². The van der Waals surface area contributed by atoms with E-state index in [2.05, 4.69) is 11.8 Å². The van der Waals surface area contributed by atoms with Crippen LogP contribution in [0.1, 0.15) is 30.1 Å². The number of aliphatic hydroxyl groups is 1. The third kappa shape index (κ3) is 4.03. The van der Waals surface area contributed by atoms with Crippen LogP contribution in [0.15, 0.2) is 24.3 Å². The summed E-state index contributed by atoms with van der Waals surface area (Å²) in [6, 6.07) is 8.17. The van der Waals surface area contributed by atoms with E-state index in [-0.39, 0.29) is 6.10 Å². The molecule has 0 saturated carbocycles. The summed E-state index contributed by atoms with van der Waals surface area (Å²) in [5.74, 6) is -2.26. The number of benzene rings is 1. The highest BCUT2D eigenvalue weighted by Gasteiger charge is 2.35. The van der Waals surface area contributed by atoms with Crippen LogP contribution in [0.3, 0.4) is 0 Å². The number of hydrogen-bond acceptors (Lipinski definition) is 2. The standard InChI is InChI=1S/C10H12O.C2H2F3NO/c11-10-7-3-5-8-4-1-2-6-9(8)10;3-2(4,5)1(6)7/h1-2,4,6,10-11H,3,5,7H2;(H2,6,7)/t10-;/m1./s1. The van der Waals surface area contributed by atoms with E-state index in [9.17, 15) is 18.3 Å². The van der Waals surface area contributed by atoms with Crippen molar-refractivity contribution >= 4 is 5.91 Å². The van der Waals surface area contributed by atoms with Crippen LogP contribution in [0.25, 0.3) is 0 Å². The molecule has 1 aliphatic carbocycles. The molecule has 3 N–H and O–H groups in total. The Bertz CT molecular complexity index is 418. The Labute approximate surface area is 102 Å². The highest BCUT2D eigenvalue weighted by Crippen LogP contribution is 2.28. The van der Waals surface area contributed by atoms with Gasteiger partial charge in [0.2, 0.25) is 0 Å². The molecule has 0 aromatic heterocycles. The largest absolute Gasteiger partial charge is 0.470 e. The summed E-state index contributed by atoms with van der Waals surface area (Å²) in [5, 5.41) is 9.56. The molecule has 100 valence electrons. The van der Waals surface area contributed by atoms with Gasteiger partial charge in [-0.2, -0.15) is 13.2 Å². The van der Waals surface area contributed by atoms with Gasteiger partial charge in [0.25, 0.3) is 0 Å².